The fourth-order valence-electron chi connectivity index (χ4n) is 1.51. The van der Waals surface area contributed by atoms with E-state index in [4.69, 9.17) is 9.52 Å². The Balaban J connectivity index is 2.12. The van der Waals surface area contributed by atoms with Crippen molar-refractivity contribution in [1.82, 2.24) is 0 Å². The van der Waals surface area contributed by atoms with E-state index >= 15 is 0 Å². The van der Waals surface area contributed by atoms with Crippen LogP contribution in [0.2, 0.25) is 0 Å². The van der Waals surface area contributed by atoms with Gasteiger partial charge in [-0.3, -0.25) is 4.79 Å². The van der Waals surface area contributed by atoms with E-state index in [-0.39, 0.29) is 6.42 Å². The largest absolute Gasteiger partial charge is 0.481 e. The maximum absolute atomic E-state index is 10.4. The molecule has 0 atom stereocenters. The van der Waals surface area contributed by atoms with Crippen molar-refractivity contribution in [3.8, 4) is 11.3 Å². The molecule has 1 aromatic heterocycles. The number of furan rings is 1. The molecule has 0 saturated heterocycles. The minimum atomic E-state index is -0.808. The molecule has 1 heterocycles. The number of halogens is 1. The van der Waals surface area contributed by atoms with Crippen molar-refractivity contribution in [3.63, 3.8) is 0 Å². The molecule has 2 rings (SSSR count). The predicted molar refractivity (Wildman–Crippen MR) is 72.8 cm³/mol. The van der Waals surface area contributed by atoms with Gasteiger partial charge in [0.15, 0.2) is 0 Å². The van der Waals surface area contributed by atoms with Gasteiger partial charge in [-0.25, -0.2) is 0 Å². The highest BCUT2D eigenvalue weighted by molar-refractivity contribution is 14.1. The van der Waals surface area contributed by atoms with Gasteiger partial charge in [-0.05, 0) is 46.9 Å². The highest BCUT2D eigenvalue weighted by Gasteiger charge is 2.06. The zero-order chi connectivity index (χ0) is 12.3. The average Bonchev–Trinajstić information content (AvgIpc) is 2.76. The molecule has 0 radical (unpaired) electrons. The molecule has 1 aromatic carbocycles. The molecule has 4 heteroatoms. The van der Waals surface area contributed by atoms with E-state index in [1.807, 2.05) is 36.4 Å². The summed E-state index contributed by atoms with van der Waals surface area (Å²) in [5.74, 6) is 0.681. The molecule has 0 saturated carbocycles. The molecular weight excluding hydrogens is 331 g/mol. The Morgan fingerprint density at radius 2 is 1.88 bits per heavy atom. The zero-order valence-corrected chi connectivity index (χ0v) is 11.2. The number of benzene rings is 1. The van der Waals surface area contributed by atoms with E-state index in [9.17, 15) is 4.79 Å². The summed E-state index contributed by atoms with van der Waals surface area (Å²) in [6.45, 7) is 0. The van der Waals surface area contributed by atoms with Crippen LogP contribution in [0.25, 0.3) is 11.3 Å². The van der Waals surface area contributed by atoms with Crippen molar-refractivity contribution in [2.45, 2.75) is 12.8 Å². The van der Waals surface area contributed by atoms with Gasteiger partial charge in [-0.1, -0.05) is 12.1 Å². The number of aryl methyl sites for hydroxylation is 1. The van der Waals surface area contributed by atoms with E-state index in [1.165, 1.54) is 3.57 Å². The second-order valence-corrected chi connectivity index (χ2v) is 4.91. The normalized spacial score (nSPS) is 10.4. The van der Waals surface area contributed by atoms with Gasteiger partial charge in [0.05, 0.1) is 6.42 Å². The minimum absolute atomic E-state index is 0.0969. The quantitative estimate of drug-likeness (QED) is 0.865. The SMILES string of the molecule is O=C(O)CCc1ccc(-c2ccc(I)cc2)o1. The average molecular weight is 342 g/mol. The van der Waals surface area contributed by atoms with Crippen LogP contribution in [-0.2, 0) is 11.2 Å². The molecule has 0 aliphatic rings. The number of carboxylic acid groups (broad SMARTS) is 1. The fourth-order valence-corrected chi connectivity index (χ4v) is 1.87. The van der Waals surface area contributed by atoms with E-state index in [1.54, 1.807) is 0 Å². The molecule has 0 aliphatic heterocycles. The summed E-state index contributed by atoms with van der Waals surface area (Å²) < 4.78 is 6.76. The van der Waals surface area contributed by atoms with Crippen LogP contribution in [0.1, 0.15) is 12.2 Å². The summed E-state index contributed by atoms with van der Waals surface area (Å²) in [4.78, 5) is 10.4. The Morgan fingerprint density at radius 1 is 1.18 bits per heavy atom. The number of carbonyl (C=O) groups is 1. The fraction of sp³-hybridized carbons (Fsp3) is 0.154. The lowest BCUT2D eigenvalue weighted by molar-refractivity contribution is -0.137. The van der Waals surface area contributed by atoms with Crippen molar-refractivity contribution in [1.29, 1.82) is 0 Å². The van der Waals surface area contributed by atoms with Gasteiger partial charge >= 0.3 is 5.97 Å². The summed E-state index contributed by atoms with van der Waals surface area (Å²) in [6.07, 6.45) is 0.527. The van der Waals surface area contributed by atoms with E-state index in [0.717, 1.165) is 11.3 Å². The molecular formula is C13H11IO3. The van der Waals surface area contributed by atoms with Gasteiger partial charge in [0.25, 0.3) is 0 Å². The summed E-state index contributed by atoms with van der Waals surface area (Å²) >= 11 is 2.25. The summed E-state index contributed by atoms with van der Waals surface area (Å²) in [5, 5.41) is 8.59. The van der Waals surface area contributed by atoms with Gasteiger partial charge in [-0.15, -0.1) is 0 Å². The highest BCUT2D eigenvalue weighted by atomic mass is 127. The standard InChI is InChI=1S/C13H11IO3/c14-10-3-1-9(2-4-10)12-7-5-11(17-12)6-8-13(15)16/h1-5,7H,6,8H2,(H,15,16). The number of hydrogen-bond donors (Lipinski definition) is 1. The molecule has 88 valence electrons. The number of hydrogen-bond acceptors (Lipinski definition) is 2. The topological polar surface area (TPSA) is 50.4 Å². The predicted octanol–water partition coefficient (Wildman–Crippen LogP) is 3.57. The first-order valence-electron chi connectivity index (χ1n) is 5.21. The van der Waals surface area contributed by atoms with Crippen molar-refractivity contribution in [2.75, 3.05) is 0 Å². The minimum Gasteiger partial charge on any atom is -0.481 e. The maximum atomic E-state index is 10.4. The van der Waals surface area contributed by atoms with Crippen LogP contribution in [0.3, 0.4) is 0 Å². The van der Waals surface area contributed by atoms with Gasteiger partial charge < -0.3 is 9.52 Å². The lowest BCUT2D eigenvalue weighted by Crippen LogP contribution is -1.96. The van der Waals surface area contributed by atoms with Gasteiger partial charge in [0, 0.05) is 15.6 Å². The number of rotatable bonds is 4. The smallest absolute Gasteiger partial charge is 0.303 e. The lowest BCUT2D eigenvalue weighted by Gasteiger charge is -1.97. The maximum Gasteiger partial charge on any atom is 0.303 e. The van der Waals surface area contributed by atoms with Crippen molar-refractivity contribution < 1.29 is 14.3 Å². The third kappa shape index (κ3) is 3.33. The van der Waals surface area contributed by atoms with Crippen LogP contribution >= 0.6 is 22.6 Å². The summed E-state index contributed by atoms with van der Waals surface area (Å²) in [5.41, 5.74) is 1.01. The molecule has 0 unspecified atom stereocenters. The third-order valence-corrected chi connectivity index (χ3v) is 3.09. The molecule has 3 nitrogen and oxygen atoms in total. The third-order valence-electron chi connectivity index (χ3n) is 2.38. The first kappa shape index (κ1) is 12.2. The molecule has 0 amide bonds. The van der Waals surface area contributed by atoms with E-state index < -0.39 is 5.97 Å². The van der Waals surface area contributed by atoms with Gasteiger partial charge in [0.2, 0.25) is 0 Å². The Kier molecular flexibility index (Phi) is 3.83. The molecule has 17 heavy (non-hydrogen) atoms. The Bertz CT molecular complexity index is 514. The van der Waals surface area contributed by atoms with Crippen LogP contribution in [0, 0.1) is 3.57 Å². The van der Waals surface area contributed by atoms with Crippen LogP contribution in [0.15, 0.2) is 40.8 Å². The van der Waals surface area contributed by atoms with Crippen LogP contribution in [0.4, 0.5) is 0 Å². The summed E-state index contributed by atoms with van der Waals surface area (Å²) in [6, 6.07) is 11.7. The zero-order valence-electron chi connectivity index (χ0n) is 9.02. The summed E-state index contributed by atoms with van der Waals surface area (Å²) in [7, 11) is 0. The second kappa shape index (κ2) is 5.35. The molecule has 1 N–H and O–H groups in total. The number of aliphatic carboxylic acids is 1. The van der Waals surface area contributed by atoms with Crippen molar-refractivity contribution in [3.05, 3.63) is 45.7 Å². The number of carboxylic acids is 1. The van der Waals surface area contributed by atoms with Crippen molar-refractivity contribution in [2.24, 2.45) is 0 Å². The molecule has 2 aromatic rings. The van der Waals surface area contributed by atoms with Crippen LogP contribution in [-0.4, -0.2) is 11.1 Å². The first-order chi connectivity index (χ1) is 8.15. The molecule has 0 spiro atoms. The Hall–Kier alpha value is -1.30. The molecule has 0 bridgehead atoms. The lowest BCUT2D eigenvalue weighted by atomic mass is 10.2. The van der Waals surface area contributed by atoms with Gasteiger partial charge in [-0.2, -0.15) is 0 Å². The van der Waals surface area contributed by atoms with Crippen LogP contribution < -0.4 is 0 Å². The van der Waals surface area contributed by atoms with E-state index in [2.05, 4.69) is 22.6 Å². The highest BCUT2D eigenvalue weighted by Crippen LogP contribution is 2.23. The van der Waals surface area contributed by atoms with Gasteiger partial charge in [0.1, 0.15) is 11.5 Å². The second-order valence-electron chi connectivity index (χ2n) is 3.67. The van der Waals surface area contributed by atoms with Crippen LogP contribution in [0.5, 0.6) is 0 Å². The Morgan fingerprint density at radius 3 is 2.53 bits per heavy atom. The van der Waals surface area contributed by atoms with Crippen molar-refractivity contribution >= 4 is 28.6 Å². The molecule has 0 aliphatic carbocycles. The first-order valence-corrected chi connectivity index (χ1v) is 6.29. The monoisotopic (exact) mass is 342 g/mol. The Labute approximate surface area is 113 Å². The molecule has 0 fully saturated rings. The van der Waals surface area contributed by atoms with E-state index in [0.29, 0.717) is 12.2 Å².